The first kappa shape index (κ1) is 18.3. The summed E-state index contributed by atoms with van der Waals surface area (Å²) in [5.41, 5.74) is 7.42. The maximum Gasteiger partial charge on any atom is 0.407 e. The van der Waals surface area contributed by atoms with E-state index >= 15 is 0 Å². The van der Waals surface area contributed by atoms with Crippen LogP contribution in [0.5, 0.6) is 0 Å². The van der Waals surface area contributed by atoms with Gasteiger partial charge < -0.3 is 20.7 Å². The number of rotatable bonds is 3. The van der Waals surface area contributed by atoms with Gasteiger partial charge in [-0.1, -0.05) is 6.07 Å². The summed E-state index contributed by atoms with van der Waals surface area (Å²) >= 11 is 0. The van der Waals surface area contributed by atoms with Gasteiger partial charge in [0.05, 0.1) is 0 Å². The highest BCUT2D eigenvalue weighted by atomic mass is 19.3. The normalized spacial score (nSPS) is 17.5. The number of nitrogens with two attached hydrogens (primary N) is 1. The molecule has 1 aliphatic rings. The van der Waals surface area contributed by atoms with Crippen LogP contribution in [0.3, 0.4) is 0 Å². The number of ether oxygens (including phenoxy) is 1. The second-order valence-electron chi connectivity index (χ2n) is 7.09. The molecule has 0 atom stereocenters. The maximum atomic E-state index is 13.4. The molecule has 1 aromatic carbocycles. The van der Waals surface area contributed by atoms with E-state index in [2.05, 4.69) is 5.32 Å². The number of halogens is 2. The Labute approximate surface area is 141 Å². The Hall–Kier alpha value is -2.05. The molecule has 134 valence electrons. The van der Waals surface area contributed by atoms with E-state index in [9.17, 15) is 13.6 Å². The number of benzene rings is 1. The molecule has 5 nitrogen and oxygen atoms in total. The van der Waals surface area contributed by atoms with Crippen LogP contribution in [0.2, 0.25) is 0 Å². The lowest BCUT2D eigenvalue weighted by Gasteiger charge is -2.34. The minimum absolute atomic E-state index is 0.180. The van der Waals surface area contributed by atoms with Crippen molar-refractivity contribution in [3.05, 3.63) is 23.8 Å². The second-order valence-corrected chi connectivity index (χ2v) is 7.09. The van der Waals surface area contributed by atoms with Crippen LogP contribution in [0.1, 0.15) is 39.2 Å². The molecule has 1 aromatic rings. The molecule has 0 saturated carbocycles. The topological polar surface area (TPSA) is 67.6 Å². The van der Waals surface area contributed by atoms with Crippen molar-refractivity contribution in [3.63, 3.8) is 0 Å². The maximum absolute atomic E-state index is 13.4. The minimum atomic E-state index is -2.61. The fourth-order valence-corrected chi connectivity index (χ4v) is 2.58. The number of piperidine rings is 1. The van der Waals surface area contributed by atoms with E-state index in [0.29, 0.717) is 5.69 Å². The summed E-state index contributed by atoms with van der Waals surface area (Å²) in [7, 11) is 0. The summed E-state index contributed by atoms with van der Waals surface area (Å²) in [6.07, 6.45) is -0.878. The predicted octanol–water partition coefficient (Wildman–Crippen LogP) is 3.53. The van der Waals surface area contributed by atoms with Crippen LogP contribution in [0.25, 0.3) is 0 Å². The highest BCUT2D eigenvalue weighted by Gasteiger charge is 2.34. The fraction of sp³-hybridized carbons (Fsp3) is 0.588. The van der Waals surface area contributed by atoms with Crippen molar-refractivity contribution in [2.24, 2.45) is 0 Å². The molecule has 0 unspecified atom stereocenters. The van der Waals surface area contributed by atoms with Crippen LogP contribution in [0.15, 0.2) is 18.2 Å². The average Bonchev–Trinajstić information content (AvgIpc) is 2.44. The SMILES string of the molecule is CC(C)(C)OC(=O)NCc1ccc(N)cc1N1CCC(F)(F)CC1. The van der Waals surface area contributed by atoms with Crippen molar-refractivity contribution in [2.75, 3.05) is 23.7 Å². The molecule has 3 N–H and O–H groups in total. The zero-order valence-corrected chi connectivity index (χ0v) is 14.4. The number of nitrogens with one attached hydrogen (secondary N) is 1. The Morgan fingerprint density at radius 2 is 1.96 bits per heavy atom. The van der Waals surface area contributed by atoms with Crippen molar-refractivity contribution in [1.29, 1.82) is 0 Å². The van der Waals surface area contributed by atoms with Gasteiger partial charge in [-0.25, -0.2) is 13.6 Å². The Morgan fingerprint density at radius 1 is 1.33 bits per heavy atom. The van der Waals surface area contributed by atoms with Gasteiger partial charge in [-0.2, -0.15) is 0 Å². The van der Waals surface area contributed by atoms with Gasteiger partial charge in [-0.15, -0.1) is 0 Å². The molecule has 0 spiro atoms. The first-order valence-corrected chi connectivity index (χ1v) is 8.04. The van der Waals surface area contributed by atoms with Gasteiger partial charge in [0.2, 0.25) is 0 Å². The van der Waals surface area contributed by atoms with E-state index in [-0.39, 0.29) is 32.5 Å². The third kappa shape index (κ3) is 5.25. The van der Waals surface area contributed by atoms with E-state index in [1.54, 1.807) is 39.0 Å². The summed E-state index contributed by atoms with van der Waals surface area (Å²) in [5.74, 6) is -2.61. The van der Waals surface area contributed by atoms with Gasteiger partial charge in [-0.05, 0) is 38.5 Å². The minimum Gasteiger partial charge on any atom is -0.444 e. The third-order valence-electron chi connectivity index (χ3n) is 3.77. The number of anilines is 2. The Morgan fingerprint density at radius 3 is 2.54 bits per heavy atom. The molecule has 1 fully saturated rings. The summed E-state index contributed by atoms with van der Waals surface area (Å²) in [5, 5.41) is 2.69. The fourth-order valence-electron chi connectivity index (χ4n) is 2.58. The predicted molar refractivity (Wildman–Crippen MR) is 90.3 cm³/mol. The smallest absolute Gasteiger partial charge is 0.407 e. The van der Waals surface area contributed by atoms with E-state index in [4.69, 9.17) is 10.5 Å². The molecule has 1 amide bonds. The Bertz CT molecular complexity index is 590. The number of hydrogen-bond donors (Lipinski definition) is 2. The Kier molecular flexibility index (Phi) is 5.20. The van der Waals surface area contributed by atoms with Gasteiger partial charge in [-0.3, -0.25) is 0 Å². The molecular weight excluding hydrogens is 316 g/mol. The van der Waals surface area contributed by atoms with Crippen molar-refractivity contribution in [3.8, 4) is 0 Å². The van der Waals surface area contributed by atoms with Gasteiger partial charge >= 0.3 is 6.09 Å². The summed E-state index contributed by atoms with van der Waals surface area (Å²) in [6.45, 7) is 6.13. The van der Waals surface area contributed by atoms with Crippen LogP contribution < -0.4 is 16.0 Å². The number of nitrogen functional groups attached to an aromatic ring is 1. The van der Waals surface area contributed by atoms with E-state index in [1.807, 2.05) is 4.90 Å². The quantitative estimate of drug-likeness (QED) is 0.826. The molecular formula is C17H25F2N3O2. The number of hydrogen-bond acceptors (Lipinski definition) is 4. The van der Waals surface area contributed by atoms with Gasteiger partial charge in [0, 0.05) is 43.9 Å². The zero-order chi connectivity index (χ0) is 18.0. The van der Waals surface area contributed by atoms with E-state index < -0.39 is 17.6 Å². The lowest BCUT2D eigenvalue weighted by Crippen LogP contribution is -2.40. The van der Waals surface area contributed by atoms with Crippen LogP contribution in [0.4, 0.5) is 25.0 Å². The van der Waals surface area contributed by atoms with Crippen molar-refractivity contribution in [2.45, 2.75) is 51.7 Å². The van der Waals surface area contributed by atoms with Crippen LogP contribution in [-0.4, -0.2) is 30.7 Å². The zero-order valence-electron chi connectivity index (χ0n) is 14.4. The van der Waals surface area contributed by atoms with Gasteiger partial charge in [0.1, 0.15) is 5.60 Å². The first-order valence-electron chi connectivity index (χ1n) is 8.04. The van der Waals surface area contributed by atoms with Crippen LogP contribution >= 0.6 is 0 Å². The van der Waals surface area contributed by atoms with Crippen molar-refractivity contribution < 1.29 is 18.3 Å². The molecule has 1 aliphatic heterocycles. The van der Waals surface area contributed by atoms with Crippen LogP contribution in [-0.2, 0) is 11.3 Å². The van der Waals surface area contributed by atoms with Crippen LogP contribution in [0, 0.1) is 0 Å². The second kappa shape index (κ2) is 6.83. The van der Waals surface area contributed by atoms with E-state index in [1.165, 1.54) is 0 Å². The van der Waals surface area contributed by atoms with Crippen molar-refractivity contribution in [1.82, 2.24) is 5.32 Å². The highest BCUT2D eigenvalue weighted by Crippen LogP contribution is 2.32. The molecule has 0 aromatic heterocycles. The third-order valence-corrected chi connectivity index (χ3v) is 3.77. The van der Waals surface area contributed by atoms with E-state index in [0.717, 1.165) is 11.3 Å². The largest absolute Gasteiger partial charge is 0.444 e. The first-order chi connectivity index (χ1) is 11.1. The number of nitrogens with zero attached hydrogens (tertiary/aromatic N) is 1. The monoisotopic (exact) mass is 341 g/mol. The lowest BCUT2D eigenvalue weighted by molar-refractivity contribution is -0.0220. The molecule has 1 saturated heterocycles. The summed E-state index contributed by atoms with van der Waals surface area (Å²) < 4.78 is 31.9. The summed E-state index contributed by atoms with van der Waals surface area (Å²) in [6, 6.07) is 5.29. The molecule has 24 heavy (non-hydrogen) atoms. The molecule has 1 heterocycles. The Balaban J connectivity index is 2.07. The lowest BCUT2D eigenvalue weighted by atomic mass is 10.0. The van der Waals surface area contributed by atoms with Gasteiger partial charge in [0.15, 0.2) is 0 Å². The molecule has 0 aliphatic carbocycles. The molecule has 2 rings (SSSR count). The van der Waals surface area contributed by atoms with Crippen molar-refractivity contribution >= 4 is 17.5 Å². The molecule has 0 bridgehead atoms. The number of carbonyl (C=O) groups excluding carboxylic acids is 1. The molecule has 7 heteroatoms. The standard InChI is InChI=1S/C17H25F2N3O2/c1-16(2,3)24-15(23)21-11-12-4-5-13(20)10-14(12)22-8-6-17(18,19)7-9-22/h4-5,10H,6-9,11,20H2,1-3H3,(H,21,23). The van der Waals surface area contributed by atoms with Gasteiger partial charge in [0.25, 0.3) is 5.92 Å². The molecule has 0 radical (unpaired) electrons. The number of alkyl halides is 2. The highest BCUT2D eigenvalue weighted by molar-refractivity contribution is 5.69. The number of amides is 1. The number of carbonyl (C=O) groups is 1. The summed E-state index contributed by atoms with van der Waals surface area (Å²) in [4.78, 5) is 13.7. The average molecular weight is 341 g/mol. The number of alkyl carbamates (subject to hydrolysis) is 1.